The summed E-state index contributed by atoms with van der Waals surface area (Å²) in [7, 11) is 0. The van der Waals surface area contributed by atoms with Crippen LogP contribution >= 0.6 is 0 Å². The van der Waals surface area contributed by atoms with Gasteiger partial charge in [-0.3, -0.25) is 0 Å². The van der Waals surface area contributed by atoms with Gasteiger partial charge in [-0.25, -0.2) is 4.98 Å². The lowest BCUT2D eigenvalue weighted by atomic mass is 9.70. The van der Waals surface area contributed by atoms with Crippen LogP contribution in [-0.4, -0.2) is 15.9 Å². The van der Waals surface area contributed by atoms with Crippen molar-refractivity contribution in [3.05, 3.63) is 36.4 Å². The molecular formula is C23H27F3N4O. The molecule has 1 heterocycles. The number of imidazole rings is 1. The van der Waals surface area contributed by atoms with Crippen LogP contribution in [0.1, 0.15) is 46.1 Å². The van der Waals surface area contributed by atoms with E-state index in [-0.39, 0.29) is 17.2 Å². The number of anilines is 2. The van der Waals surface area contributed by atoms with Gasteiger partial charge in [-0.2, -0.15) is 0 Å². The Bertz CT molecular complexity index is 1100. The van der Waals surface area contributed by atoms with Gasteiger partial charge in [0.15, 0.2) is 0 Å². The van der Waals surface area contributed by atoms with Crippen molar-refractivity contribution >= 4 is 22.7 Å². The van der Waals surface area contributed by atoms with Gasteiger partial charge in [-0.1, -0.05) is 32.9 Å². The highest BCUT2D eigenvalue weighted by Gasteiger charge is 2.35. The highest BCUT2D eigenvalue weighted by atomic mass is 19.4. The molecule has 5 nitrogen and oxygen atoms in total. The number of benzene rings is 2. The molecule has 1 aliphatic rings. The van der Waals surface area contributed by atoms with E-state index >= 15 is 0 Å². The molecule has 2 atom stereocenters. The van der Waals surface area contributed by atoms with Gasteiger partial charge in [0.05, 0.1) is 5.52 Å². The number of hydrogen-bond acceptors (Lipinski definition) is 4. The SMILES string of the molecule is CC1CC(n2c(N)nc3c(-c4ccc(OC(F)(F)F)cc4)c(N)ccc32)CC(C)(C)C1. The number of rotatable bonds is 3. The Morgan fingerprint density at radius 2 is 1.74 bits per heavy atom. The molecule has 1 saturated carbocycles. The molecule has 0 amide bonds. The number of aromatic nitrogens is 2. The minimum atomic E-state index is -4.74. The predicted molar refractivity (Wildman–Crippen MR) is 117 cm³/mol. The average molecular weight is 432 g/mol. The van der Waals surface area contributed by atoms with Crippen LogP contribution in [0.3, 0.4) is 0 Å². The molecule has 1 aliphatic carbocycles. The summed E-state index contributed by atoms with van der Waals surface area (Å²) in [6, 6.07) is 9.58. The molecule has 8 heteroatoms. The van der Waals surface area contributed by atoms with Crippen molar-refractivity contribution in [1.29, 1.82) is 0 Å². The van der Waals surface area contributed by atoms with Crippen LogP contribution in [0.25, 0.3) is 22.2 Å². The number of nitrogen functional groups attached to an aromatic ring is 2. The molecule has 4 rings (SSSR count). The Kier molecular flexibility index (Phi) is 5.06. The first-order valence-electron chi connectivity index (χ1n) is 10.4. The number of nitrogens with zero attached hydrogens (tertiary/aromatic N) is 2. The molecule has 31 heavy (non-hydrogen) atoms. The van der Waals surface area contributed by atoms with Crippen molar-refractivity contribution in [3.8, 4) is 16.9 Å². The maximum atomic E-state index is 12.5. The topological polar surface area (TPSA) is 79.1 Å². The first-order chi connectivity index (χ1) is 14.4. The highest BCUT2D eigenvalue weighted by Crippen LogP contribution is 2.46. The molecule has 2 aromatic carbocycles. The van der Waals surface area contributed by atoms with E-state index in [1.54, 1.807) is 18.2 Å². The summed E-state index contributed by atoms with van der Waals surface area (Å²) in [6.07, 6.45) is -1.56. The lowest BCUT2D eigenvalue weighted by Crippen LogP contribution is -2.29. The van der Waals surface area contributed by atoms with E-state index in [2.05, 4.69) is 35.1 Å². The van der Waals surface area contributed by atoms with Gasteiger partial charge >= 0.3 is 6.36 Å². The fourth-order valence-electron chi connectivity index (χ4n) is 5.20. The van der Waals surface area contributed by atoms with Gasteiger partial charge in [-0.15, -0.1) is 13.2 Å². The third-order valence-electron chi connectivity index (χ3n) is 6.03. The van der Waals surface area contributed by atoms with E-state index in [1.807, 2.05) is 6.07 Å². The molecule has 0 spiro atoms. The largest absolute Gasteiger partial charge is 0.573 e. The van der Waals surface area contributed by atoms with Gasteiger partial charge in [0.1, 0.15) is 11.3 Å². The molecule has 2 unspecified atom stereocenters. The normalized spacial score (nSPS) is 21.4. The summed E-state index contributed by atoms with van der Waals surface area (Å²) in [5.41, 5.74) is 16.2. The number of hydrogen-bond donors (Lipinski definition) is 2. The summed E-state index contributed by atoms with van der Waals surface area (Å²) in [6.45, 7) is 6.81. The zero-order chi connectivity index (χ0) is 22.6. The number of alkyl halides is 3. The summed E-state index contributed by atoms with van der Waals surface area (Å²) in [4.78, 5) is 4.63. The fraction of sp³-hybridized carbons (Fsp3) is 0.435. The summed E-state index contributed by atoms with van der Waals surface area (Å²) in [5, 5.41) is 0. The summed E-state index contributed by atoms with van der Waals surface area (Å²) < 4.78 is 43.5. The van der Waals surface area contributed by atoms with Crippen molar-refractivity contribution in [3.63, 3.8) is 0 Å². The van der Waals surface area contributed by atoms with E-state index in [0.29, 0.717) is 34.2 Å². The standard InChI is InChI=1S/C23H27F3N4O/c1-13-10-15(12-22(2,3)11-13)30-18-9-8-17(27)19(20(18)29-21(30)28)14-4-6-16(7-5-14)31-23(24,25)26/h4-9,13,15H,10-12,27H2,1-3H3,(H2,28,29). The smallest absolute Gasteiger partial charge is 0.406 e. The molecule has 0 radical (unpaired) electrons. The third kappa shape index (κ3) is 4.29. The van der Waals surface area contributed by atoms with Crippen molar-refractivity contribution in [2.24, 2.45) is 11.3 Å². The van der Waals surface area contributed by atoms with Gasteiger partial charge in [-0.05, 0) is 60.4 Å². The second-order valence-electron chi connectivity index (χ2n) is 9.38. The van der Waals surface area contributed by atoms with Gasteiger partial charge in [0, 0.05) is 17.3 Å². The average Bonchev–Trinajstić information content (AvgIpc) is 2.95. The van der Waals surface area contributed by atoms with Gasteiger partial charge in [0.25, 0.3) is 0 Å². The zero-order valence-corrected chi connectivity index (χ0v) is 17.8. The molecule has 166 valence electrons. The van der Waals surface area contributed by atoms with Crippen molar-refractivity contribution in [2.45, 2.75) is 52.4 Å². The second-order valence-corrected chi connectivity index (χ2v) is 9.38. The lowest BCUT2D eigenvalue weighted by Gasteiger charge is -2.40. The van der Waals surface area contributed by atoms with Crippen LogP contribution in [0.4, 0.5) is 24.8 Å². The third-order valence-corrected chi connectivity index (χ3v) is 6.03. The molecule has 1 fully saturated rings. The van der Waals surface area contributed by atoms with Crippen molar-refractivity contribution in [1.82, 2.24) is 9.55 Å². The minimum absolute atomic E-state index is 0.205. The maximum absolute atomic E-state index is 12.5. The number of halogens is 3. The van der Waals surface area contributed by atoms with Crippen molar-refractivity contribution < 1.29 is 17.9 Å². The molecular weight excluding hydrogens is 405 g/mol. The number of ether oxygens (including phenoxy) is 1. The second kappa shape index (κ2) is 7.35. The summed E-state index contributed by atoms with van der Waals surface area (Å²) >= 11 is 0. The van der Waals surface area contributed by atoms with Gasteiger partial charge < -0.3 is 20.8 Å². The Balaban J connectivity index is 1.78. The Hall–Kier alpha value is -2.90. The number of nitrogens with two attached hydrogens (primary N) is 2. The first kappa shape index (κ1) is 21.3. The Labute approximate surface area is 179 Å². The quantitative estimate of drug-likeness (QED) is 0.486. The lowest BCUT2D eigenvalue weighted by molar-refractivity contribution is -0.274. The zero-order valence-electron chi connectivity index (χ0n) is 17.8. The molecule has 0 aliphatic heterocycles. The van der Waals surface area contributed by atoms with E-state index in [4.69, 9.17) is 11.5 Å². The van der Waals surface area contributed by atoms with Crippen LogP contribution in [0.2, 0.25) is 0 Å². The number of fused-ring (bicyclic) bond motifs is 1. The predicted octanol–water partition coefficient (Wildman–Crippen LogP) is 6.15. The Morgan fingerprint density at radius 3 is 2.35 bits per heavy atom. The van der Waals surface area contributed by atoms with E-state index < -0.39 is 6.36 Å². The maximum Gasteiger partial charge on any atom is 0.573 e. The molecule has 0 bridgehead atoms. The molecule has 3 aromatic rings. The van der Waals surface area contributed by atoms with E-state index in [9.17, 15) is 13.2 Å². The van der Waals surface area contributed by atoms with Crippen LogP contribution in [0, 0.1) is 11.3 Å². The van der Waals surface area contributed by atoms with E-state index in [0.717, 1.165) is 18.4 Å². The minimum Gasteiger partial charge on any atom is -0.406 e. The van der Waals surface area contributed by atoms with Crippen LogP contribution < -0.4 is 16.2 Å². The summed E-state index contributed by atoms with van der Waals surface area (Å²) in [5.74, 6) is 0.708. The molecule has 0 saturated heterocycles. The first-order valence-corrected chi connectivity index (χ1v) is 10.4. The Morgan fingerprint density at radius 1 is 1.06 bits per heavy atom. The monoisotopic (exact) mass is 432 g/mol. The van der Waals surface area contributed by atoms with Crippen molar-refractivity contribution in [2.75, 3.05) is 11.5 Å². The highest BCUT2D eigenvalue weighted by molar-refractivity contribution is 5.99. The fourth-order valence-corrected chi connectivity index (χ4v) is 5.20. The van der Waals surface area contributed by atoms with E-state index in [1.165, 1.54) is 18.6 Å². The van der Waals surface area contributed by atoms with Crippen LogP contribution in [0.15, 0.2) is 36.4 Å². The van der Waals surface area contributed by atoms with Crippen LogP contribution in [-0.2, 0) is 0 Å². The van der Waals surface area contributed by atoms with Gasteiger partial charge in [0.2, 0.25) is 5.95 Å². The molecule has 4 N–H and O–H groups in total. The molecule has 1 aromatic heterocycles. The van der Waals surface area contributed by atoms with Crippen LogP contribution in [0.5, 0.6) is 5.75 Å².